The van der Waals surface area contributed by atoms with E-state index in [2.05, 4.69) is 11.8 Å². The van der Waals surface area contributed by atoms with Crippen molar-refractivity contribution in [3.05, 3.63) is 29.3 Å². The number of carbonyl (C=O) groups is 1. The van der Waals surface area contributed by atoms with Gasteiger partial charge >= 0.3 is 0 Å². The van der Waals surface area contributed by atoms with E-state index in [-0.39, 0.29) is 17.9 Å². The van der Waals surface area contributed by atoms with Crippen LogP contribution in [0.1, 0.15) is 15.9 Å². The van der Waals surface area contributed by atoms with Gasteiger partial charge in [0, 0.05) is 5.56 Å². The number of hydrogen-bond donors (Lipinski definition) is 2. The molecule has 1 aromatic carbocycles. The molecule has 0 unspecified atom stereocenters. The third-order valence-electron chi connectivity index (χ3n) is 1.49. The Kier molecular flexibility index (Phi) is 3.07. The lowest BCUT2D eigenvalue weighted by atomic mass is 10.1. The van der Waals surface area contributed by atoms with E-state index >= 15 is 0 Å². The molecule has 0 radical (unpaired) electrons. The zero-order valence-corrected chi connectivity index (χ0v) is 6.95. The lowest BCUT2D eigenvalue weighted by Gasteiger charge is -1.96. The molecule has 0 atom stereocenters. The van der Waals surface area contributed by atoms with Crippen LogP contribution in [0.3, 0.4) is 0 Å². The van der Waals surface area contributed by atoms with Crippen molar-refractivity contribution < 1.29 is 9.90 Å². The van der Waals surface area contributed by atoms with Crippen LogP contribution >= 0.6 is 0 Å². The molecule has 0 amide bonds. The van der Waals surface area contributed by atoms with Gasteiger partial charge in [-0.2, -0.15) is 0 Å². The van der Waals surface area contributed by atoms with Gasteiger partial charge in [0.2, 0.25) is 0 Å². The summed E-state index contributed by atoms with van der Waals surface area (Å²) in [6, 6.07) is 4.58. The molecule has 3 heteroatoms. The number of carbonyl (C=O) groups excluding carboxylic acids is 1. The van der Waals surface area contributed by atoms with E-state index in [9.17, 15) is 4.79 Å². The molecule has 1 rings (SSSR count). The Balaban J connectivity index is 3.06. The highest BCUT2D eigenvalue weighted by molar-refractivity contribution is 5.79. The second-order valence-corrected chi connectivity index (χ2v) is 2.40. The maximum atomic E-state index is 10.4. The molecule has 0 fully saturated rings. The van der Waals surface area contributed by atoms with Gasteiger partial charge < -0.3 is 10.8 Å². The van der Waals surface area contributed by atoms with Gasteiger partial charge in [-0.25, -0.2) is 0 Å². The first-order chi connectivity index (χ1) is 6.27. The molecule has 13 heavy (non-hydrogen) atoms. The number of phenolic OH excluding ortho intramolecular Hbond substituents is 1. The van der Waals surface area contributed by atoms with Gasteiger partial charge in [0.1, 0.15) is 5.75 Å². The van der Waals surface area contributed by atoms with Crippen LogP contribution in [0, 0.1) is 11.8 Å². The van der Waals surface area contributed by atoms with Gasteiger partial charge in [0.05, 0.1) is 12.1 Å². The van der Waals surface area contributed by atoms with Crippen LogP contribution in [0.2, 0.25) is 0 Å². The molecule has 66 valence electrons. The number of aldehydes is 1. The van der Waals surface area contributed by atoms with E-state index < -0.39 is 0 Å². The fourth-order valence-corrected chi connectivity index (χ4v) is 0.880. The lowest BCUT2D eigenvalue weighted by molar-refractivity contribution is 0.112. The monoisotopic (exact) mass is 175 g/mol. The van der Waals surface area contributed by atoms with Crippen molar-refractivity contribution in [1.29, 1.82) is 0 Å². The van der Waals surface area contributed by atoms with Crippen LogP contribution in [0.4, 0.5) is 0 Å². The Hall–Kier alpha value is -1.79. The normalized spacial score (nSPS) is 8.69. The van der Waals surface area contributed by atoms with Crippen molar-refractivity contribution in [2.45, 2.75) is 0 Å². The van der Waals surface area contributed by atoms with Crippen molar-refractivity contribution in [2.24, 2.45) is 5.73 Å². The first-order valence-corrected chi connectivity index (χ1v) is 3.75. The molecular formula is C10H9NO2. The number of nitrogens with two attached hydrogens (primary N) is 1. The van der Waals surface area contributed by atoms with Crippen LogP contribution in [-0.4, -0.2) is 17.9 Å². The SMILES string of the molecule is NCC#Cc1ccc(O)c(C=O)c1. The summed E-state index contributed by atoms with van der Waals surface area (Å²) in [4.78, 5) is 10.4. The number of aromatic hydroxyl groups is 1. The van der Waals surface area contributed by atoms with Crippen molar-refractivity contribution in [3.63, 3.8) is 0 Å². The Morgan fingerprint density at radius 2 is 2.31 bits per heavy atom. The average Bonchev–Trinajstić information content (AvgIpc) is 2.16. The number of phenols is 1. The zero-order chi connectivity index (χ0) is 9.68. The van der Waals surface area contributed by atoms with Gasteiger partial charge in [-0.15, -0.1) is 0 Å². The van der Waals surface area contributed by atoms with Crippen LogP contribution in [0.25, 0.3) is 0 Å². The van der Waals surface area contributed by atoms with E-state index in [1.165, 1.54) is 12.1 Å². The maximum Gasteiger partial charge on any atom is 0.153 e. The minimum Gasteiger partial charge on any atom is -0.507 e. The Morgan fingerprint density at radius 3 is 2.92 bits per heavy atom. The second kappa shape index (κ2) is 4.29. The summed E-state index contributed by atoms with van der Waals surface area (Å²) >= 11 is 0. The quantitative estimate of drug-likeness (QED) is 0.483. The average molecular weight is 175 g/mol. The number of rotatable bonds is 1. The fourth-order valence-electron chi connectivity index (χ4n) is 0.880. The third-order valence-corrected chi connectivity index (χ3v) is 1.49. The van der Waals surface area contributed by atoms with Gasteiger partial charge in [0.25, 0.3) is 0 Å². The summed E-state index contributed by atoms with van der Waals surface area (Å²) in [5.74, 6) is 5.38. The summed E-state index contributed by atoms with van der Waals surface area (Å²) in [6.07, 6.45) is 0.586. The first kappa shape index (κ1) is 9.30. The van der Waals surface area contributed by atoms with Crippen molar-refractivity contribution in [3.8, 4) is 17.6 Å². The predicted molar refractivity (Wildman–Crippen MR) is 49.4 cm³/mol. The van der Waals surface area contributed by atoms with Crippen LogP contribution in [-0.2, 0) is 0 Å². The maximum absolute atomic E-state index is 10.4. The minimum atomic E-state index is -0.0340. The largest absolute Gasteiger partial charge is 0.507 e. The van der Waals surface area contributed by atoms with Crippen molar-refractivity contribution in [1.82, 2.24) is 0 Å². The summed E-state index contributed by atoms with van der Waals surface area (Å²) in [7, 11) is 0. The fraction of sp³-hybridized carbons (Fsp3) is 0.100. The predicted octanol–water partition coefficient (Wildman–Crippen LogP) is 0.515. The standard InChI is InChI=1S/C10H9NO2/c11-5-1-2-8-3-4-10(13)9(6-8)7-12/h3-4,6-7,13H,5,11H2. The first-order valence-electron chi connectivity index (χ1n) is 3.75. The highest BCUT2D eigenvalue weighted by atomic mass is 16.3. The number of hydrogen-bond acceptors (Lipinski definition) is 3. The van der Waals surface area contributed by atoms with Crippen molar-refractivity contribution in [2.75, 3.05) is 6.54 Å². The summed E-state index contributed by atoms with van der Waals surface area (Å²) in [5, 5.41) is 9.16. The molecule has 0 bridgehead atoms. The Morgan fingerprint density at radius 1 is 1.54 bits per heavy atom. The van der Waals surface area contributed by atoms with E-state index in [0.717, 1.165) is 0 Å². The molecule has 0 aliphatic rings. The lowest BCUT2D eigenvalue weighted by Crippen LogP contribution is -1.93. The highest BCUT2D eigenvalue weighted by Crippen LogP contribution is 2.15. The summed E-state index contributed by atoms with van der Waals surface area (Å²) < 4.78 is 0. The molecule has 1 aromatic rings. The summed E-state index contributed by atoms with van der Waals surface area (Å²) in [6.45, 7) is 0.275. The van der Waals surface area contributed by atoms with E-state index in [4.69, 9.17) is 10.8 Å². The molecule has 0 aliphatic carbocycles. The highest BCUT2D eigenvalue weighted by Gasteiger charge is 1.98. The van der Waals surface area contributed by atoms with Crippen molar-refractivity contribution >= 4 is 6.29 Å². The topological polar surface area (TPSA) is 63.3 Å². The van der Waals surface area contributed by atoms with Crippen LogP contribution < -0.4 is 5.73 Å². The van der Waals surface area contributed by atoms with E-state index in [0.29, 0.717) is 11.8 Å². The van der Waals surface area contributed by atoms with Gasteiger partial charge in [-0.3, -0.25) is 4.79 Å². The Bertz CT molecular complexity index is 374. The molecular weight excluding hydrogens is 166 g/mol. The molecule has 0 aliphatic heterocycles. The van der Waals surface area contributed by atoms with Gasteiger partial charge in [-0.05, 0) is 18.2 Å². The molecule has 0 aromatic heterocycles. The molecule has 3 N–H and O–H groups in total. The number of benzene rings is 1. The molecule has 0 saturated heterocycles. The van der Waals surface area contributed by atoms with Crippen LogP contribution in [0.15, 0.2) is 18.2 Å². The van der Waals surface area contributed by atoms with E-state index in [1.807, 2.05) is 0 Å². The Labute approximate surface area is 76.2 Å². The van der Waals surface area contributed by atoms with Gasteiger partial charge in [0.15, 0.2) is 6.29 Å². The smallest absolute Gasteiger partial charge is 0.153 e. The molecule has 0 spiro atoms. The zero-order valence-electron chi connectivity index (χ0n) is 6.95. The molecule has 0 saturated carbocycles. The van der Waals surface area contributed by atoms with Gasteiger partial charge in [-0.1, -0.05) is 11.8 Å². The molecule has 3 nitrogen and oxygen atoms in total. The van der Waals surface area contributed by atoms with E-state index in [1.54, 1.807) is 6.07 Å². The summed E-state index contributed by atoms with van der Waals surface area (Å²) in [5.41, 5.74) is 6.10. The van der Waals surface area contributed by atoms with Crippen LogP contribution in [0.5, 0.6) is 5.75 Å². The molecule has 0 heterocycles. The third kappa shape index (κ3) is 2.32. The second-order valence-electron chi connectivity index (χ2n) is 2.40. The minimum absolute atomic E-state index is 0.0340.